The molecule has 9 heteroatoms. The molecular weight excluding hydrogens is 456 g/mol. The van der Waals surface area contributed by atoms with Crippen molar-refractivity contribution in [1.29, 1.82) is 0 Å². The Balaban J connectivity index is 2.04. The first kappa shape index (κ1) is 25.0. The molecule has 1 heterocycles. The van der Waals surface area contributed by atoms with Crippen molar-refractivity contribution in [3.63, 3.8) is 0 Å². The molecule has 2 aromatic rings. The number of esters is 1. The summed E-state index contributed by atoms with van der Waals surface area (Å²) in [4.78, 5) is 28.5. The average molecular weight is 485 g/mol. The van der Waals surface area contributed by atoms with Crippen molar-refractivity contribution in [1.82, 2.24) is 4.90 Å². The van der Waals surface area contributed by atoms with Crippen LogP contribution in [0.2, 0.25) is 0 Å². The lowest BCUT2D eigenvalue weighted by Gasteiger charge is -2.19. The smallest absolute Gasteiger partial charge is 0.325 e. The molecule has 1 aliphatic heterocycles. The SMILES string of the molecule is CCOc1ccc(N2C(=O)/C(=C/c3ccc(OCC)cc3OCC)N(CC(=O)OC)C2=S)cc1. The molecular formula is C25H28N2O6S. The second-order valence-corrected chi connectivity index (χ2v) is 7.47. The third-order valence-corrected chi connectivity index (χ3v) is 5.35. The van der Waals surface area contributed by atoms with E-state index in [1.807, 2.05) is 20.8 Å². The fourth-order valence-electron chi connectivity index (χ4n) is 3.43. The number of rotatable bonds is 10. The molecule has 0 aliphatic carbocycles. The van der Waals surface area contributed by atoms with Gasteiger partial charge in [0.2, 0.25) is 0 Å². The van der Waals surface area contributed by atoms with E-state index < -0.39 is 5.97 Å². The van der Waals surface area contributed by atoms with E-state index in [1.165, 1.54) is 16.9 Å². The zero-order valence-electron chi connectivity index (χ0n) is 19.7. The van der Waals surface area contributed by atoms with Crippen molar-refractivity contribution in [2.24, 2.45) is 0 Å². The Morgan fingerprint density at radius 1 is 0.941 bits per heavy atom. The maximum atomic E-state index is 13.5. The third-order valence-electron chi connectivity index (χ3n) is 4.94. The normalized spacial score (nSPS) is 14.5. The minimum Gasteiger partial charge on any atom is -0.494 e. The van der Waals surface area contributed by atoms with E-state index >= 15 is 0 Å². The summed E-state index contributed by atoms with van der Waals surface area (Å²) in [5.41, 5.74) is 1.45. The molecule has 0 unspecified atom stereocenters. The minimum absolute atomic E-state index is 0.176. The van der Waals surface area contributed by atoms with Crippen LogP contribution < -0.4 is 19.1 Å². The highest BCUT2D eigenvalue weighted by atomic mass is 32.1. The summed E-state index contributed by atoms with van der Waals surface area (Å²) < 4.78 is 21.7. The van der Waals surface area contributed by atoms with Gasteiger partial charge in [0.1, 0.15) is 29.5 Å². The van der Waals surface area contributed by atoms with Crippen molar-refractivity contribution >= 4 is 41.0 Å². The fourth-order valence-corrected chi connectivity index (χ4v) is 3.78. The van der Waals surface area contributed by atoms with Crippen LogP contribution in [0.5, 0.6) is 17.2 Å². The van der Waals surface area contributed by atoms with Crippen molar-refractivity contribution < 1.29 is 28.5 Å². The van der Waals surface area contributed by atoms with E-state index in [1.54, 1.807) is 48.5 Å². The van der Waals surface area contributed by atoms with Gasteiger partial charge < -0.3 is 23.8 Å². The highest BCUT2D eigenvalue weighted by Crippen LogP contribution is 2.33. The maximum absolute atomic E-state index is 13.5. The van der Waals surface area contributed by atoms with Gasteiger partial charge in [-0.3, -0.25) is 14.5 Å². The van der Waals surface area contributed by atoms with Gasteiger partial charge in [-0.05, 0) is 75.5 Å². The van der Waals surface area contributed by atoms with Crippen molar-refractivity contribution in [2.75, 3.05) is 38.4 Å². The zero-order valence-corrected chi connectivity index (χ0v) is 20.5. The lowest BCUT2D eigenvalue weighted by atomic mass is 10.1. The van der Waals surface area contributed by atoms with Crippen molar-refractivity contribution in [3.05, 3.63) is 53.7 Å². The number of thiocarbonyl (C=S) groups is 1. The first-order valence-corrected chi connectivity index (χ1v) is 11.4. The number of hydrogen-bond donors (Lipinski definition) is 0. The molecule has 0 N–H and O–H groups in total. The number of methoxy groups -OCH3 is 1. The number of nitrogens with zero attached hydrogens (tertiary/aromatic N) is 2. The fraction of sp³-hybridized carbons (Fsp3) is 0.320. The standard InChI is InChI=1S/C25H28N2O6S/c1-5-31-19-12-9-18(10-13-19)27-24(29)21(26(25(27)34)16-23(28)30-4)14-17-8-11-20(32-6-2)15-22(17)33-7-3/h8-15H,5-7,16H2,1-4H3/b21-14-. The molecule has 1 saturated heterocycles. The second-order valence-electron chi connectivity index (χ2n) is 7.11. The molecule has 0 atom stereocenters. The lowest BCUT2D eigenvalue weighted by molar-refractivity contribution is -0.140. The third kappa shape index (κ3) is 5.48. The van der Waals surface area contributed by atoms with Gasteiger partial charge in [0.25, 0.3) is 5.91 Å². The van der Waals surface area contributed by atoms with E-state index in [0.29, 0.717) is 48.3 Å². The number of anilines is 1. The molecule has 0 spiro atoms. The first-order chi connectivity index (χ1) is 16.4. The molecule has 1 aliphatic rings. The Bertz CT molecular complexity index is 1080. The van der Waals surface area contributed by atoms with Gasteiger partial charge in [-0.1, -0.05) is 0 Å². The number of carbonyl (C=O) groups is 2. The van der Waals surface area contributed by atoms with E-state index in [2.05, 4.69) is 0 Å². The van der Waals surface area contributed by atoms with Crippen molar-refractivity contribution in [3.8, 4) is 17.2 Å². The molecule has 0 saturated carbocycles. The summed E-state index contributed by atoms with van der Waals surface area (Å²) in [5, 5.41) is 0.176. The summed E-state index contributed by atoms with van der Waals surface area (Å²) in [7, 11) is 1.29. The van der Waals surface area contributed by atoms with Crippen LogP contribution in [0.25, 0.3) is 6.08 Å². The van der Waals surface area contributed by atoms with Crippen molar-refractivity contribution in [2.45, 2.75) is 20.8 Å². The molecule has 8 nitrogen and oxygen atoms in total. The van der Waals surface area contributed by atoms with Gasteiger partial charge in [0, 0.05) is 11.6 Å². The summed E-state index contributed by atoms with van der Waals surface area (Å²) in [6, 6.07) is 12.4. The quantitative estimate of drug-likeness (QED) is 0.284. The van der Waals surface area contributed by atoms with E-state index in [4.69, 9.17) is 31.2 Å². The van der Waals surface area contributed by atoms with Crippen LogP contribution in [0.15, 0.2) is 48.2 Å². The Morgan fingerprint density at radius 3 is 2.18 bits per heavy atom. The molecule has 0 radical (unpaired) electrons. The summed E-state index contributed by atoms with van der Waals surface area (Å²) in [5.74, 6) is 1.00. The summed E-state index contributed by atoms with van der Waals surface area (Å²) >= 11 is 5.60. The summed E-state index contributed by atoms with van der Waals surface area (Å²) in [6.07, 6.45) is 1.66. The van der Waals surface area contributed by atoms with Gasteiger partial charge in [0.05, 0.1) is 32.6 Å². The Kier molecular flexibility index (Phi) is 8.48. The number of amides is 1. The summed E-state index contributed by atoms with van der Waals surface area (Å²) in [6.45, 7) is 6.94. The van der Waals surface area contributed by atoms with Gasteiger partial charge >= 0.3 is 5.97 Å². The molecule has 0 aromatic heterocycles. The molecule has 1 fully saturated rings. The average Bonchev–Trinajstić information content (AvgIpc) is 3.05. The predicted molar refractivity (Wildman–Crippen MR) is 133 cm³/mol. The van der Waals surface area contributed by atoms with Gasteiger partial charge in [-0.15, -0.1) is 0 Å². The molecule has 1 amide bonds. The molecule has 34 heavy (non-hydrogen) atoms. The van der Waals surface area contributed by atoms with Gasteiger partial charge in [-0.2, -0.15) is 0 Å². The highest BCUT2D eigenvalue weighted by molar-refractivity contribution is 7.80. The molecule has 0 bridgehead atoms. The van der Waals surface area contributed by atoms with Crippen LogP contribution in [0.3, 0.4) is 0 Å². The lowest BCUT2D eigenvalue weighted by Crippen LogP contribution is -2.35. The van der Waals surface area contributed by atoms with Gasteiger partial charge in [-0.25, -0.2) is 0 Å². The highest BCUT2D eigenvalue weighted by Gasteiger charge is 2.40. The minimum atomic E-state index is -0.522. The largest absolute Gasteiger partial charge is 0.494 e. The first-order valence-electron chi connectivity index (χ1n) is 11.0. The second kappa shape index (κ2) is 11.5. The Labute approximate surface area is 204 Å². The zero-order chi connectivity index (χ0) is 24.7. The topological polar surface area (TPSA) is 77.5 Å². The van der Waals surface area contributed by atoms with Crippen LogP contribution in [0.1, 0.15) is 26.3 Å². The predicted octanol–water partition coefficient (Wildman–Crippen LogP) is 4.03. The van der Waals surface area contributed by atoms with E-state index in [-0.39, 0.29) is 23.3 Å². The molecule has 2 aromatic carbocycles. The van der Waals surface area contributed by atoms with Crippen LogP contribution >= 0.6 is 12.2 Å². The number of ether oxygens (including phenoxy) is 4. The number of benzene rings is 2. The Hall–Kier alpha value is -3.59. The maximum Gasteiger partial charge on any atom is 0.325 e. The van der Waals surface area contributed by atoms with Crippen LogP contribution in [-0.4, -0.2) is 55.4 Å². The number of hydrogen-bond acceptors (Lipinski definition) is 7. The Morgan fingerprint density at radius 2 is 1.56 bits per heavy atom. The van der Waals surface area contributed by atoms with E-state index in [0.717, 1.165) is 0 Å². The van der Waals surface area contributed by atoms with Crippen LogP contribution in [0.4, 0.5) is 5.69 Å². The number of carbonyl (C=O) groups excluding carboxylic acids is 2. The molecule has 180 valence electrons. The van der Waals surface area contributed by atoms with Crippen LogP contribution in [-0.2, 0) is 14.3 Å². The van der Waals surface area contributed by atoms with Gasteiger partial charge in [0.15, 0.2) is 5.11 Å². The van der Waals surface area contributed by atoms with Crippen LogP contribution in [0, 0.1) is 0 Å². The monoisotopic (exact) mass is 484 g/mol. The molecule has 3 rings (SSSR count). The van der Waals surface area contributed by atoms with E-state index in [9.17, 15) is 9.59 Å².